The van der Waals surface area contributed by atoms with Crippen molar-refractivity contribution in [3.63, 3.8) is 0 Å². The van der Waals surface area contributed by atoms with Crippen molar-refractivity contribution in [3.05, 3.63) is 64.3 Å². The van der Waals surface area contributed by atoms with E-state index in [1.807, 2.05) is 19.1 Å². The fourth-order valence-corrected chi connectivity index (χ4v) is 3.87. The highest BCUT2D eigenvalue weighted by Gasteiger charge is 2.35. The van der Waals surface area contributed by atoms with Gasteiger partial charge in [0.2, 0.25) is 5.91 Å². The zero-order valence-electron chi connectivity index (χ0n) is 17.2. The average Bonchev–Trinajstić information content (AvgIpc) is 3.36. The van der Waals surface area contributed by atoms with Gasteiger partial charge < -0.3 is 15.5 Å². The maximum atomic E-state index is 12.7. The van der Waals surface area contributed by atoms with E-state index in [0.29, 0.717) is 10.7 Å². The molecule has 2 fully saturated rings. The molecule has 160 valence electrons. The van der Waals surface area contributed by atoms with Crippen molar-refractivity contribution < 1.29 is 14.4 Å². The summed E-state index contributed by atoms with van der Waals surface area (Å²) in [7, 11) is 0. The molecule has 0 spiro atoms. The van der Waals surface area contributed by atoms with Gasteiger partial charge in [-0.15, -0.1) is 0 Å². The van der Waals surface area contributed by atoms with Gasteiger partial charge in [-0.1, -0.05) is 17.7 Å². The van der Waals surface area contributed by atoms with Crippen molar-refractivity contribution in [3.8, 4) is 0 Å². The predicted octanol–water partition coefficient (Wildman–Crippen LogP) is 3.78. The molecule has 8 heteroatoms. The van der Waals surface area contributed by atoms with Crippen LogP contribution in [0.4, 0.5) is 16.2 Å². The molecule has 2 N–H and O–H groups in total. The number of halogens is 1. The Kier molecular flexibility index (Phi) is 5.95. The molecule has 0 atom stereocenters. The highest BCUT2D eigenvalue weighted by atomic mass is 35.5. The Hall–Kier alpha value is -3.32. The number of benzene rings is 2. The normalized spacial score (nSPS) is 17.4. The van der Waals surface area contributed by atoms with E-state index < -0.39 is 17.8 Å². The van der Waals surface area contributed by atoms with E-state index >= 15 is 0 Å². The smallest absolute Gasteiger partial charge is 0.329 e. The van der Waals surface area contributed by atoms with E-state index in [1.54, 1.807) is 30.3 Å². The van der Waals surface area contributed by atoms with Crippen LogP contribution in [0.2, 0.25) is 5.02 Å². The van der Waals surface area contributed by atoms with Gasteiger partial charge >= 0.3 is 6.03 Å². The minimum Gasteiger partial charge on any atom is -0.372 e. The largest absolute Gasteiger partial charge is 0.372 e. The number of nitrogens with zero attached hydrogens (tertiary/aromatic N) is 2. The first-order valence-corrected chi connectivity index (χ1v) is 10.5. The molecule has 2 aromatic rings. The van der Waals surface area contributed by atoms with Crippen LogP contribution in [-0.2, 0) is 9.59 Å². The Morgan fingerprint density at radius 3 is 2.52 bits per heavy atom. The fraction of sp³-hybridized carbons (Fsp3) is 0.261. The molecule has 0 radical (unpaired) electrons. The van der Waals surface area contributed by atoms with Gasteiger partial charge in [0.25, 0.3) is 5.91 Å². The number of anilines is 2. The van der Waals surface area contributed by atoms with Gasteiger partial charge in [0.1, 0.15) is 12.2 Å². The predicted molar refractivity (Wildman–Crippen MR) is 121 cm³/mol. The Morgan fingerprint density at radius 2 is 1.84 bits per heavy atom. The second kappa shape index (κ2) is 8.81. The fourth-order valence-electron chi connectivity index (χ4n) is 3.74. The first kappa shape index (κ1) is 20.9. The summed E-state index contributed by atoms with van der Waals surface area (Å²) in [5.41, 5.74) is 3.71. The highest BCUT2D eigenvalue weighted by Crippen LogP contribution is 2.25. The molecule has 0 bridgehead atoms. The number of imide groups is 1. The standard InChI is InChI=1S/C23H23ClN4O3/c1-15-12-19(27-10-2-3-11-27)9-4-16(15)13-20-22(30)28(23(31)26-20)14-21(29)25-18-7-5-17(24)6-8-18/h4-9,12-13H,2-3,10-11,14H2,1H3,(H,25,29)(H,26,31)/b20-13-. The van der Waals surface area contributed by atoms with Crippen molar-refractivity contribution in [2.24, 2.45) is 0 Å². The molecule has 2 aliphatic rings. The van der Waals surface area contributed by atoms with Crippen molar-refractivity contribution in [1.82, 2.24) is 10.2 Å². The van der Waals surface area contributed by atoms with Crippen LogP contribution in [0.25, 0.3) is 6.08 Å². The van der Waals surface area contributed by atoms with E-state index in [9.17, 15) is 14.4 Å². The molecular weight excluding hydrogens is 416 g/mol. The van der Waals surface area contributed by atoms with E-state index in [4.69, 9.17) is 11.6 Å². The Labute approximate surface area is 185 Å². The lowest BCUT2D eigenvalue weighted by atomic mass is 10.1. The first-order valence-electron chi connectivity index (χ1n) is 10.2. The van der Waals surface area contributed by atoms with Crippen LogP contribution in [0.3, 0.4) is 0 Å². The van der Waals surface area contributed by atoms with E-state index in [0.717, 1.165) is 29.1 Å². The monoisotopic (exact) mass is 438 g/mol. The molecular formula is C23H23ClN4O3. The lowest BCUT2D eigenvalue weighted by Crippen LogP contribution is -2.38. The number of aryl methyl sites for hydroxylation is 1. The van der Waals surface area contributed by atoms with Crippen LogP contribution in [0, 0.1) is 6.92 Å². The lowest BCUT2D eigenvalue weighted by molar-refractivity contribution is -0.127. The third-order valence-corrected chi connectivity index (χ3v) is 5.67. The summed E-state index contributed by atoms with van der Waals surface area (Å²) in [5, 5.41) is 5.76. The summed E-state index contributed by atoms with van der Waals surface area (Å²) >= 11 is 5.83. The van der Waals surface area contributed by atoms with Crippen molar-refractivity contribution in [1.29, 1.82) is 0 Å². The third-order valence-electron chi connectivity index (χ3n) is 5.42. The SMILES string of the molecule is Cc1cc(N2CCCC2)ccc1/C=C1\NC(=O)N(CC(=O)Nc2ccc(Cl)cc2)C1=O. The summed E-state index contributed by atoms with van der Waals surface area (Å²) in [6.07, 6.45) is 4.06. The number of nitrogens with one attached hydrogen (secondary N) is 2. The molecule has 2 aliphatic heterocycles. The molecule has 2 saturated heterocycles. The van der Waals surface area contributed by atoms with Crippen molar-refractivity contribution >= 4 is 46.9 Å². The number of hydrogen-bond acceptors (Lipinski definition) is 4. The number of carbonyl (C=O) groups excluding carboxylic acids is 3. The minimum atomic E-state index is -0.617. The summed E-state index contributed by atoms with van der Waals surface area (Å²) in [6.45, 7) is 3.71. The van der Waals surface area contributed by atoms with Crippen LogP contribution in [-0.4, -0.2) is 42.4 Å². The summed E-state index contributed by atoms with van der Waals surface area (Å²) < 4.78 is 0. The molecule has 0 aromatic heterocycles. The van der Waals surface area contributed by atoms with Crippen LogP contribution >= 0.6 is 11.6 Å². The van der Waals surface area contributed by atoms with Gasteiger partial charge in [0.05, 0.1) is 0 Å². The number of urea groups is 1. The zero-order valence-corrected chi connectivity index (χ0v) is 17.9. The van der Waals surface area contributed by atoms with Gasteiger partial charge in [0.15, 0.2) is 0 Å². The van der Waals surface area contributed by atoms with Crippen molar-refractivity contribution in [2.45, 2.75) is 19.8 Å². The molecule has 0 unspecified atom stereocenters. The second-order valence-corrected chi connectivity index (χ2v) is 8.11. The van der Waals surface area contributed by atoms with E-state index in [-0.39, 0.29) is 12.2 Å². The number of hydrogen-bond donors (Lipinski definition) is 2. The van der Waals surface area contributed by atoms with E-state index in [2.05, 4.69) is 21.6 Å². The number of carbonyl (C=O) groups is 3. The van der Waals surface area contributed by atoms with Gasteiger partial charge in [0, 0.05) is 29.5 Å². The topological polar surface area (TPSA) is 81.8 Å². The molecule has 4 amide bonds. The molecule has 0 aliphatic carbocycles. The maximum Gasteiger partial charge on any atom is 0.329 e. The lowest BCUT2D eigenvalue weighted by Gasteiger charge is -2.18. The van der Waals surface area contributed by atoms with Crippen LogP contribution in [0.5, 0.6) is 0 Å². The molecule has 2 heterocycles. The van der Waals surface area contributed by atoms with Gasteiger partial charge in [-0.3, -0.25) is 9.59 Å². The second-order valence-electron chi connectivity index (χ2n) is 7.67. The quantitative estimate of drug-likeness (QED) is 0.549. The zero-order chi connectivity index (χ0) is 22.0. The molecule has 31 heavy (non-hydrogen) atoms. The number of amides is 4. The van der Waals surface area contributed by atoms with Gasteiger partial charge in [-0.2, -0.15) is 0 Å². The molecule has 7 nitrogen and oxygen atoms in total. The van der Waals surface area contributed by atoms with Crippen LogP contribution < -0.4 is 15.5 Å². The summed E-state index contributed by atoms with van der Waals surface area (Å²) in [4.78, 5) is 40.5. The molecule has 2 aromatic carbocycles. The van der Waals surface area contributed by atoms with Gasteiger partial charge in [-0.25, -0.2) is 9.69 Å². The van der Waals surface area contributed by atoms with E-state index in [1.165, 1.54) is 18.5 Å². The summed E-state index contributed by atoms with van der Waals surface area (Å²) in [6, 6.07) is 12.0. The average molecular weight is 439 g/mol. The third kappa shape index (κ3) is 4.72. The minimum absolute atomic E-state index is 0.154. The molecule has 0 saturated carbocycles. The van der Waals surface area contributed by atoms with Crippen molar-refractivity contribution in [2.75, 3.05) is 29.9 Å². The van der Waals surface area contributed by atoms with Gasteiger partial charge in [-0.05, 0) is 73.4 Å². The molecule has 4 rings (SSSR count). The van der Waals surface area contributed by atoms with Crippen LogP contribution in [0.15, 0.2) is 48.2 Å². The number of rotatable bonds is 5. The Morgan fingerprint density at radius 1 is 1.13 bits per heavy atom. The Bertz CT molecular complexity index is 1060. The van der Waals surface area contributed by atoms with Crippen LogP contribution in [0.1, 0.15) is 24.0 Å². The highest BCUT2D eigenvalue weighted by molar-refractivity contribution is 6.30. The maximum absolute atomic E-state index is 12.7. The Balaban J connectivity index is 1.44. The summed E-state index contributed by atoms with van der Waals surface area (Å²) in [5.74, 6) is -1.00. The first-order chi connectivity index (χ1) is 14.9.